The maximum atomic E-state index is 14.5. The summed E-state index contributed by atoms with van der Waals surface area (Å²) in [6.45, 7) is 0.165. The first-order chi connectivity index (χ1) is 15.6. The Kier molecular flexibility index (Phi) is 7.30. The average Bonchev–Trinajstić information content (AvgIpc) is 2.72. The van der Waals surface area contributed by atoms with Crippen LogP contribution in [0.25, 0.3) is 10.8 Å². The number of halogens is 6. The van der Waals surface area contributed by atoms with Crippen LogP contribution in [0.4, 0.5) is 26.3 Å². The second-order valence-corrected chi connectivity index (χ2v) is 7.10. The third-order valence-corrected chi connectivity index (χ3v) is 4.63. The molecule has 0 unspecified atom stereocenters. The standard InChI is InChI=1S/C24H18F6O3/c1-2-3-4-5-14-10-18(25)21(19(26)11-14)23(31)33-16-7-8-17-15(12-16)6-9-20(22(17)27)32-13-24(28,29)30/h2-3,6-12H,4-5,13H2,1H3/b3-2+. The summed E-state index contributed by atoms with van der Waals surface area (Å²) in [6, 6.07) is 7.90. The van der Waals surface area contributed by atoms with Gasteiger partial charge in [-0.1, -0.05) is 18.2 Å². The average molecular weight is 468 g/mol. The fourth-order valence-corrected chi connectivity index (χ4v) is 3.12. The first kappa shape index (κ1) is 24.2. The molecule has 0 spiro atoms. The van der Waals surface area contributed by atoms with E-state index in [1.165, 1.54) is 12.1 Å². The van der Waals surface area contributed by atoms with E-state index >= 15 is 0 Å². The van der Waals surface area contributed by atoms with E-state index in [1.54, 1.807) is 0 Å². The molecule has 3 aromatic carbocycles. The highest BCUT2D eigenvalue weighted by Gasteiger charge is 2.29. The molecule has 0 amide bonds. The minimum absolute atomic E-state index is 0.0858. The summed E-state index contributed by atoms with van der Waals surface area (Å²) in [7, 11) is 0. The third-order valence-electron chi connectivity index (χ3n) is 4.63. The first-order valence-electron chi connectivity index (χ1n) is 9.82. The van der Waals surface area contributed by atoms with E-state index in [0.717, 1.165) is 30.3 Å². The van der Waals surface area contributed by atoms with Crippen molar-refractivity contribution < 1.29 is 40.6 Å². The number of hydrogen-bond acceptors (Lipinski definition) is 3. The van der Waals surface area contributed by atoms with E-state index < -0.39 is 47.5 Å². The number of rotatable bonds is 7. The number of alkyl halides is 3. The monoisotopic (exact) mass is 468 g/mol. The van der Waals surface area contributed by atoms with Crippen LogP contribution in [0.3, 0.4) is 0 Å². The minimum Gasteiger partial charge on any atom is -0.481 e. The number of benzene rings is 3. The number of aryl methyl sites for hydroxylation is 1. The number of hydrogen-bond donors (Lipinski definition) is 0. The highest BCUT2D eigenvalue weighted by Crippen LogP contribution is 2.31. The number of ether oxygens (including phenoxy) is 2. The summed E-state index contributed by atoms with van der Waals surface area (Å²) < 4.78 is 89.6. The van der Waals surface area contributed by atoms with Gasteiger partial charge in [0.25, 0.3) is 0 Å². The lowest BCUT2D eigenvalue weighted by molar-refractivity contribution is -0.153. The molecule has 3 aromatic rings. The molecular weight excluding hydrogens is 450 g/mol. The normalized spacial score (nSPS) is 11.8. The smallest absolute Gasteiger partial charge is 0.422 e. The molecule has 0 aliphatic carbocycles. The highest BCUT2D eigenvalue weighted by atomic mass is 19.4. The van der Waals surface area contributed by atoms with Gasteiger partial charge in [-0.05, 0) is 67.1 Å². The number of esters is 1. The van der Waals surface area contributed by atoms with Gasteiger partial charge in [-0.2, -0.15) is 13.2 Å². The van der Waals surface area contributed by atoms with E-state index in [-0.39, 0.29) is 16.5 Å². The Labute approximate surface area is 185 Å². The Morgan fingerprint density at radius 1 is 1.00 bits per heavy atom. The van der Waals surface area contributed by atoms with Gasteiger partial charge in [-0.25, -0.2) is 18.0 Å². The molecule has 0 atom stereocenters. The van der Waals surface area contributed by atoms with Crippen LogP contribution >= 0.6 is 0 Å². The van der Waals surface area contributed by atoms with E-state index in [9.17, 15) is 31.1 Å². The lowest BCUT2D eigenvalue weighted by Gasteiger charge is -2.12. The van der Waals surface area contributed by atoms with Gasteiger partial charge in [0.15, 0.2) is 18.2 Å². The van der Waals surface area contributed by atoms with E-state index in [2.05, 4.69) is 4.74 Å². The Morgan fingerprint density at radius 2 is 1.70 bits per heavy atom. The van der Waals surface area contributed by atoms with Crippen LogP contribution in [-0.4, -0.2) is 18.8 Å². The van der Waals surface area contributed by atoms with Gasteiger partial charge >= 0.3 is 12.1 Å². The predicted molar refractivity (Wildman–Crippen MR) is 110 cm³/mol. The van der Waals surface area contributed by atoms with Gasteiger partial charge in [-0.15, -0.1) is 0 Å². The van der Waals surface area contributed by atoms with Crippen molar-refractivity contribution >= 4 is 16.7 Å². The second-order valence-electron chi connectivity index (χ2n) is 7.10. The van der Waals surface area contributed by atoms with Crippen LogP contribution in [0.15, 0.2) is 54.6 Å². The zero-order valence-electron chi connectivity index (χ0n) is 17.3. The molecule has 9 heteroatoms. The Morgan fingerprint density at radius 3 is 2.33 bits per heavy atom. The maximum absolute atomic E-state index is 14.5. The Hall–Kier alpha value is -3.49. The lowest BCUT2D eigenvalue weighted by Crippen LogP contribution is -2.19. The van der Waals surface area contributed by atoms with Crippen molar-refractivity contribution in [1.29, 1.82) is 0 Å². The number of allylic oxidation sites excluding steroid dienone is 2. The molecule has 0 N–H and O–H groups in total. The van der Waals surface area contributed by atoms with Crippen LogP contribution in [0.2, 0.25) is 0 Å². The topological polar surface area (TPSA) is 35.5 Å². The molecule has 3 nitrogen and oxygen atoms in total. The van der Waals surface area contributed by atoms with Crippen LogP contribution in [0, 0.1) is 17.5 Å². The second kappa shape index (κ2) is 9.97. The van der Waals surface area contributed by atoms with E-state index in [4.69, 9.17) is 4.74 Å². The third kappa shape index (κ3) is 6.06. The summed E-state index contributed by atoms with van der Waals surface area (Å²) >= 11 is 0. The minimum atomic E-state index is -4.63. The lowest BCUT2D eigenvalue weighted by atomic mass is 10.1. The molecule has 0 heterocycles. The predicted octanol–water partition coefficient (Wildman–Crippen LogP) is 6.93. The molecule has 0 aliphatic heterocycles. The summed E-state index contributed by atoms with van der Waals surface area (Å²) in [6.07, 6.45) is -0.0147. The maximum Gasteiger partial charge on any atom is 0.422 e. The summed E-state index contributed by atoms with van der Waals surface area (Å²) in [5.74, 6) is -5.19. The number of fused-ring (bicyclic) bond motifs is 1. The molecular formula is C24H18F6O3. The van der Waals surface area contributed by atoms with Crippen molar-refractivity contribution in [2.75, 3.05) is 6.61 Å². The van der Waals surface area contributed by atoms with Crippen LogP contribution < -0.4 is 9.47 Å². The number of carbonyl (C=O) groups is 1. The Balaban J connectivity index is 1.80. The van der Waals surface area contributed by atoms with Crippen molar-refractivity contribution in [3.8, 4) is 11.5 Å². The summed E-state index contributed by atoms with van der Waals surface area (Å²) in [5, 5.41) is 0.0924. The van der Waals surface area contributed by atoms with Crippen LogP contribution in [0.1, 0.15) is 29.3 Å². The fourth-order valence-electron chi connectivity index (χ4n) is 3.12. The first-order valence-corrected chi connectivity index (χ1v) is 9.82. The highest BCUT2D eigenvalue weighted by molar-refractivity contribution is 5.93. The van der Waals surface area contributed by atoms with Gasteiger partial charge in [-0.3, -0.25) is 0 Å². The van der Waals surface area contributed by atoms with E-state index in [1.807, 2.05) is 19.1 Å². The van der Waals surface area contributed by atoms with Crippen LogP contribution in [0.5, 0.6) is 11.5 Å². The number of carbonyl (C=O) groups excluding carboxylic acids is 1. The fraction of sp³-hybridized carbons (Fsp3) is 0.208. The molecule has 0 aromatic heterocycles. The quantitative estimate of drug-likeness (QED) is 0.163. The van der Waals surface area contributed by atoms with E-state index in [0.29, 0.717) is 18.4 Å². The van der Waals surface area contributed by atoms with Crippen molar-refractivity contribution in [2.45, 2.75) is 25.9 Å². The van der Waals surface area contributed by atoms with Gasteiger partial charge in [0, 0.05) is 5.39 Å². The van der Waals surface area contributed by atoms with Crippen molar-refractivity contribution in [3.05, 3.63) is 83.2 Å². The summed E-state index contributed by atoms with van der Waals surface area (Å²) in [4.78, 5) is 12.3. The molecule has 3 rings (SSSR count). The van der Waals surface area contributed by atoms with Crippen molar-refractivity contribution in [2.24, 2.45) is 0 Å². The van der Waals surface area contributed by atoms with Crippen molar-refractivity contribution in [1.82, 2.24) is 0 Å². The Bertz CT molecular complexity index is 1180. The zero-order chi connectivity index (χ0) is 24.2. The molecule has 0 bridgehead atoms. The SMILES string of the molecule is C/C=C/CCc1cc(F)c(C(=O)Oc2ccc3c(F)c(OCC(F)(F)F)ccc3c2)c(F)c1. The molecule has 0 fully saturated rings. The largest absolute Gasteiger partial charge is 0.481 e. The molecule has 33 heavy (non-hydrogen) atoms. The molecule has 174 valence electrons. The van der Waals surface area contributed by atoms with Gasteiger partial charge in [0.05, 0.1) is 0 Å². The zero-order valence-corrected chi connectivity index (χ0v) is 17.3. The van der Waals surface area contributed by atoms with Gasteiger partial charge < -0.3 is 9.47 Å². The molecule has 0 saturated carbocycles. The summed E-state index contributed by atoms with van der Waals surface area (Å²) in [5.41, 5.74) is -0.490. The molecule has 0 aliphatic rings. The van der Waals surface area contributed by atoms with Gasteiger partial charge in [0.1, 0.15) is 22.9 Å². The molecule has 0 saturated heterocycles. The van der Waals surface area contributed by atoms with Gasteiger partial charge in [0.2, 0.25) is 0 Å². The molecule has 0 radical (unpaired) electrons. The van der Waals surface area contributed by atoms with Crippen LogP contribution in [-0.2, 0) is 6.42 Å². The van der Waals surface area contributed by atoms with Crippen molar-refractivity contribution in [3.63, 3.8) is 0 Å².